The molecule has 16 heavy (non-hydrogen) atoms. The summed E-state index contributed by atoms with van der Waals surface area (Å²) >= 11 is 3.44. The topological polar surface area (TPSA) is 43.1 Å². The fourth-order valence-electron chi connectivity index (χ4n) is 1.37. The van der Waals surface area contributed by atoms with Crippen LogP contribution in [0, 0.1) is 0 Å². The van der Waals surface area contributed by atoms with Crippen molar-refractivity contribution in [3.63, 3.8) is 0 Å². The van der Waals surface area contributed by atoms with Crippen molar-refractivity contribution >= 4 is 22.1 Å². The molecule has 0 saturated heterocycles. The monoisotopic (exact) mass is 278 g/mol. The lowest BCUT2D eigenvalue weighted by Crippen LogP contribution is -1.95. The van der Waals surface area contributed by atoms with Crippen molar-refractivity contribution in [3.05, 3.63) is 48.0 Å². The van der Waals surface area contributed by atoms with Crippen molar-refractivity contribution < 1.29 is 0 Å². The minimum Gasteiger partial charge on any atom is -0.208 e. The van der Waals surface area contributed by atoms with Crippen molar-refractivity contribution in [2.75, 3.05) is 5.33 Å². The van der Waals surface area contributed by atoms with Gasteiger partial charge in [-0.2, -0.15) is 5.10 Å². The SMILES string of the molecule is BrCCc1ccccc1/C=N/n1cnnc1. The Hall–Kier alpha value is -1.49. The smallest absolute Gasteiger partial charge is 0.141 e. The van der Waals surface area contributed by atoms with E-state index in [4.69, 9.17) is 0 Å². The number of aryl methyl sites for hydroxylation is 1. The van der Waals surface area contributed by atoms with E-state index in [0.717, 1.165) is 17.3 Å². The van der Waals surface area contributed by atoms with Crippen LogP contribution in [0.4, 0.5) is 0 Å². The summed E-state index contributed by atoms with van der Waals surface area (Å²) in [5.74, 6) is 0. The van der Waals surface area contributed by atoms with E-state index in [1.54, 1.807) is 17.3 Å². The molecule has 0 amide bonds. The maximum atomic E-state index is 4.23. The van der Waals surface area contributed by atoms with Crippen LogP contribution in [0.3, 0.4) is 0 Å². The summed E-state index contributed by atoms with van der Waals surface area (Å²) in [5.41, 5.74) is 2.40. The largest absolute Gasteiger partial charge is 0.208 e. The van der Waals surface area contributed by atoms with Crippen molar-refractivity contribution in [2.24, 2.45) is 5.10 Å². The minimum atomic E-state index is 0.949. The molecule has 0 saturated carbocycles. The van der Waals surface area contributed by atoms with Gasteiger partial charge in [0, 0.05) is 5.33 Å². The van der Waals surface area contributed by atoms with Crippen molar-refractivity contribution in [2.45, 2.75) is 6.42 Å². The van der Waals surface area contributed by atoms with Crippen LogP contribution in [0.15, 0.2) is 42.0 Å². The highest BCUT2D eigenvalue weighted by atomic mass is 79.9. The number of nitrogens with zero attached hydrogens (tertiary/aromatic N) is 4. The Morgan fingerprint density at radius 2 is 2.00 bits per heavy atom. The van der Waals surface area contributed by atoms with Crippen LogP contribution in [-0.2, 0) is 6.42 Å². The molecule has 1 aromatic carbocycles. The predicted octanol–water partition coefficient (Wildman–Crippen LogP) is 2.10. The van der Waals surface area contributed by atoms with Gasteiger partial charge < -0.3 is 0 Å². The Kier molecular flexibility index (Phi) is 3.82. The first-order valence-electron chi connectivity index (χ1n) is 4.93. The average Bonchev–Trinajstić information content (AvgIpc) is 2.81. The number of benzene rings is 1. The Morgan fingerprint density at radius 1 is 1.25 bits per heavy atom. The van der Waals surface area contributed by atoms with Crippen molar-refractivity contribution in [1.82, 2.24) is 14.9 Å². The third kappa shape index (κ3) is 2.76. The molecule has 0 spiro atoms. The van der Waals surface area contributed by atoms with Gasteiger partial charge in [0.15, 0.2) is 0 Å². The van der Waals surface area contributed by atoms with Crippen molar-refractivity contribution in [1.29, 1.82) is 0 Å². The molecule has 0 bridgehead atoms. The zero-order valence-corrected chi connectivity index (χ0v) is 10.2. The van der Waals surface area contributed by atoms with E-state index in [-0.39, 0.29) is 0 Å². The maximum absolute atomic E-state index is 4.23. The summed E-state index contributed by atoms with van der Waals surface area (Å²) in [7, 11) is 0. The second-order valence-electron chi connectivity index (χ2n) is 3.22. The third-order valence-corrected chi connectivity index (χ3v) is 2.55. The average molecular weight is 279 g/mol. The highest BCUT2D eigenvalue weighted by Crippen LogP contribution is 2.08. The molecule has 0 N–H and O–H groups in total. The van der Waals surface area contributed by atoms with Crippen LogP contribution >= 0.6 is 15.9 Å². The Morgan fingerprint density at radius 3 is 2.75 bits per heavy atom. The van der Waals surface area contributed by atoms with Crippen LogP contribution in [0.2, 0.25) is 0 Å². The number of rotatable bonds is 4. The Balaban J connectivity index is 2.20. The molecule has 82 valence electrons. The molecule has 4 nitrogen and oxygen atoms in total. The highest BCUT2D eigenvalue weighted by molar-refractivity contribution is 9.09. The van der Waals surface area contributed by atoms with Gasteiger partial charge in [-0.15, -0.1) is 10.2 Å². The summed E-state index contributed by atoms with van der Waals surface area (Å²) in [6, 6.07) is 8.19. The summed E-state index contributed by atoms with van der Waals surface area (Å²) in [4.78, 5) is 0. The molecule has 0 aliphatic rings. The van der Waals surface area contributed by atoms with Gasteiger partial charge in [-0.3, -0.25) is 0 Å². The van der Waals surface area contributed by atoms with E-state index in [0.29, 0.717) is 0 Å². The molecule has 2 rings (SSSR count). The number of alkyl halides is 1. The van der Waals surface area contributed by atoms with Crippen LogP contribution < -0.4 is 0 Å². The lowest BCUT2D eigenvalue weighted by atomic mass is 10.1. The number of hydrogen-bond acceptors (Lipinski definition) is 3. The number of aromatic nitrogens is 3. The van der Waals surface area contributed by atoms with Gasteiger partial charge in [0.05, 0.1) is 6.21 Å². The molecule has 0 fully saturated rings. The Bertz CT molecular complexity index is 465. The highest BCUT2D eigenvalue weighted by Gasteiger charge is 1.97. The van der Waals surface area contributed by atoms with Crippen LogP contribution in [-0.4, -0.2) is 26.4 Å². The normalized spacial score (nSPS) is 11.1. The number of halogens is 1. The summed E-state index contributed by atoms with van der Waals surface area (Å²) in [6.45, 7) is 0. The molecular formula is C11H11BrN4. The second-order valence-corrected chi connectivity index (χ2v) is 4.02. The molecule has 1 aromatic heterocycles. The summed E-state index contributed by atoms with van der Waals surface area (Å²) in [5, 5.41) is 12.5. The first-order chi connectivity index (χ1) is 7.90. The standard InChI is InChI=1S/C11H11BrN4/c12-6-5-10-3-1-2-4-11(10)7-15-16-8-13-14-9-16/h1-4,7-9H,5-6H2/b15-7+. The fraction of sp³-hybridized carbons (Fsp3) is 0.182. The molecule has 1 heterocycles. The molecule has 0 radical (unpaired) electrons. The third-order valence-electron chi connectivity index (χ3n) is 2.16. The van der Waals surface area contributed by atoms with Gasteiger partial charge in [0.1, 0.15) is 12.7 Å². The minimum absolute atomic E-state index is 0.949. The fourth-order valence-corrected chi connectivity index (χ4v) is 1.80. The second kappa shape index (κ2) is 5.55. The van der Waals surface area contributed by atoms with E-state index < -0.39 is 0 Å². The predicted molar refractivity (Wildman–Crippen MR) is 67.0 cm³/mol. The first kappa shape index (κ1) is 11.0. The van der Waals surface area contributed by atoms with E-state index in [2.05, 4.69) is 37.3 Å². The summed E-state index contributed by atoms with van der Waals surface area (Å²) < 4.78 is 1.57. The van der Waals surface area contributed by atoms with E-state index in [9.17, 15) is 0 Å². The van der Waals surface area contributed by atoms with Crippen LogP contribution in [0.5, 0.6) is 0 Å². The first-order valence-corrected chi connectivity index (χ1v) is 6.05. The molecule has 0 aliphatic carbocycles. The lowest BCUT2D eigenvalue weighted by Gasteiger charge is -2.02. The Labute approximate surface area is 102 Å². The van der Waals surface area contributed by atoms with Gasteiger partial charge in [-0.1, -0.05) is 40.2 Å². The van der Waals surface area contributed by atoms with Gasteiger partial charge in [0.2, 0.25) is 0 Å². The molecule has 0 unspecified atom stereocenters. The van der Waals surface area contributed by atoms with Gasteiger partial charge in [-0.25, -0.2) is 4.68 Å². The lowest BCUT2D eigenvalue weighted by molar-refractivity contribution is 0.878. The molecule has 5 heteroatoms. The quantitative estimate of drug-likeness (QED) is 0.635. The maximum Gasteiger partial charge on any atom is 0.141 e. The van der Waals surface area contributed by atoms with E-state index >= 15 is 0 Å². The van der Waals surface area contributed by atoms with Gasteiger partial charge in [-0.05, 0) is 17.5 Å². The zero-order valence-electron chi connectivity index (χ0n) is 8.62. The molecular weight excluding hydrogens is 268 g/mol. The summed E-state index contributed by atoms with van der Waals surface area (Å²) in [6.07, 6.45) is 5.93. The van der Waals surface area contributed by atoms with E-state index in [1.165, 1.54) is 5.56 Å². The van der Waals surface area contributed by atoms with Gasteiger partial charge >= 0.3 is 0 Å². The van der Waals surface area contributed by atoms with Crippen molar-refractivity contribution in [3.8, 4) is 0 Å². The number of hydrogen-bond donors (Lipinski definition) is 0. The van der Waals surface area contributed by atoms with Crippen LogP contribution in [0.1, 0.15) is 11.1 Å². The van der Waals surface area contributed by atoms with E-state index in [1.807, 2.05) is 24.4 Å². The molecule has 2 aromatic rings. The van der Waals surface area contributed by atoms with Crippen LogP contribution in [0.25, 0.3) is 0 Å². The zero-order chi connectivity index (χ0) is 11.2. The van der Waals surface area contributed by atoms with Gasteiger partial charge in [0.25, 0.3) is 0 Å². The molecule has 0 atom stereocenters. The molecule has 0 aliphatic heterocycles.